The van der Waals surface area contributed by atoms with Crippen molar-refractivity contribution < 1.29 is 46.1 Å². The van der Waals surface area contributed by atoms with E-state index in [0.29, 0.717) is 24.1 Å². The van der Waals surface area contributed by atoms with E-state index in [1.54, 1.807) is 24.3 Å². The van der Waals surface area contributed by atoms with Crippen LogP contribution in [-0.2, 0) is 14.8 Å². The molecule has 2 aliphatic heterocycles. The first-order valence-corrected chi connectivity index (χ1v) is 14.7. The average Bonchev–Trinajstić information content (AvgIpc) is 2.94. The van der Waals surface area contributed by atoms with Gasteiger partial charge in [0, 0.05) is 24.8 Å². The monoisotopic (exact) mass is 601 g/mol. The van der Waals surface area contributed by atoms with E-state index in [2.05, 4.69) is 14.5 Å². The number of ether oxygens (including phenoxy) is 1. The largest absolute Gasteiger partial charge is 0.494 e. The topological polar surface area (TPSA) is 136 Å². The Morgan fingerprint density at radius 2 is 1.56 bits per heavy atom. The molecule has 2 heterocycles. The number of piperidine rings is 2. The van der Waals surface area contributed by atoms with Gasteiger partial charge in [0.2, 0.25) is 0 Å². The number of anilines is 2. The Morgan fingerprint density at radius 1 is 0.976 bits per heavy atom. The Hall–Kier alpha value is -3.52. The Morgan fingerprint density at radius 3 is 2.07 bits per heavy atom. The Bertz CT molecular complexity index is 1290. The number of hydrogen-bond acceptors (Lipinski definition) is 7. The fourth-order valence-corrected chi connectivity index (χ4v) is 5.95. The van der Waals surface area contributed by atoms with Gasteiger partial charge in [-0.15, -0.1) is 0 Å². The molecule has 2 aromatic rings. The van der Waals surface area contributed by atoms with Crippen LogP contribution in [-0.4, -0.2) is 80.5 Å². The Kier molecular flexibility index (Phi) is 10.8. The molecule has 0 radical (unpaired) electrons. The van der Waals surface area contributed by atoms with Gasteiger partial charge < -0.3 is 24.7 Å². The van der Waals surface area contributed by atoms with Gasteiger partial charge in [-0.2, -0.15) is 13.2 Å². The minimum atomic E-state index is -5.08. The molecule has 0 atom stereocenters. The fraction of sp³-hybridized carbons (Fsp3) is 0.481. The van der Waals surface area contributed by atoms with Crippen molar-refractivity contribution >= 4 is 33.3 Å². The molecular weight excluding hydrogens is 567 g/mol. The lowest BCUT2D eigenvalue weighted by Crippen LogP contribution is -2.47. The lowest BCUT2D eigenvalue weighted by Gasteiger charge is -2.41. The lowest BCUT2D eigenvalue weighted by molar-refractivity contribution is -0.192. The first kappa shape index (κ1) is 32.0. The molecule has 0 bridgehead atoms. The summed E-state index contributed by atoms with van der Waals surface area (Å²) in [6.07, 6.45) is 0.761. The van der Waals surface area contributed by atoms with Crippen LogP contribution in [0.1, 0.15) is 49.4 Å². The van der Waals surface area contributed by atoms with Crippen molar-refractivity contribution in [1.82, 2.24) is 4.90 Å². The number of nitrogens with one attached hydrogen (secondary N) is 1. The fourth-order valence-electron chi connectivity index (χ4n) is 4.90. The first-order chi connectivity index (χ1) is 19.3. The number of sulfonamides is 1. The summed E-state index contributed by atoms with van der Waals surface area (Å²) >= 11 is 0. The molecule has 0 unspecified atom stereocenters. The molecule has 0 aromatic heterocycles. The van der Waals surface area contributed by atoms with Crippen LogP contribution in [0, 0.1) is 0 Å². The molecule has 3 N–H and O–H groups in total. The summed E-state index contributed by atoms with van der Waals surface area (Å²) in [5.74, 6) is -3.24. The summed E-state index contributed by atoms with van der Waals surface area (Å²) in [6, 6.07) is 11.4. The number of carboxylic acids is 2. The van der Waals surface area contributed by atoms with Crippen LogP contribution in [0.5, 0.6) is 5.75 Å². The van der Waals surface area contributed by atoms with Gasteiger partial charge in [0.1, 0.15) is 5.75 Å². The minimum absolute atomic E-state index is 0.0803. The van der Waals surface area contributed by atoms with Crippen LogP contribution in [0.15, 0.2) is 47.4 Å². The van der Waals surface area contributed by atoms with Crippen molar-refractivity contribution in [3.63, 3.8) is 0 Å². The summed E-state index contributed by atoms with van der Waals surface area (Å²) in [6.45, 7) is 6.25. The van der Waals surface area contributed by atoms with Gasteiger partial charge in [-0.1, -0.05) is 6.42 Å². The van der Waals surface area contributed by atoms with Gasteiger partial charge in [-0.05, 0) is 88.2 Å². The molecule has 2 fully saturated rings. The van der Waals surface area contributed by atoms with E-state index < -0.39 is 28.1 Å². The molecule has 0 amide bonds. The van der Waals surface area contributed by atoms with Gasteiger partial charge in [-0.3, -0.25) is 4.72 Å². The van der Waals surface area contributed by atoms with Gasteiger partial charge in [0.15, 0.2) is 0 Å². The van der Waals surface area contributed by atoms with Crippen molar-refractivity contribution in [3.05, 3.63) is 48.0 Å². The molecule has 0 spiro atoms. The van der Waals surface area contributed by atoms with Crippen molar-refractivity contribution in [3.8, 4) is 5.75 Å². The summed E-state index contributed by atoms with van der Waals surface area (Å²) in [4.78, 5) is 25.7. The maximum absolute atomic E-state index is 12.8. The molecule has 2 aromatic carbocycles. The Balaban J connectivity index is 0.000000587. The summed E-state index contributed by atoms with van der Waals surface area (Å²) in [7, 11) is -3.86. The number of aromatic carboxylic acids is 1. The normalized spacial score (nSPS) is 16.8. The first-order valence-electron chi connectivity index (χ1n) is 13.2. The van der Waals surface area contributed by atoms with E-state index >= 15 is 0 Å². The van der Waals surface area contributed by atoms with Crippen molar-refractivity contribution in [1.29, 1.82) is 0 Å². The predicted molar refractivity (Wildman–Crippen MR) is 146 cm³/mol. The number of halogens is 3. The summed E-state index contributed by atoms with van der Waals surface area (Å²) < 4.78 is 65.2. The quantitative estimate of drug-likeness (QED) is 0.394. The van der Waals surface area contributed by atoms with E-state index in [0.717, 1.165) is 39.0 Å². The third kappa shape index (κ3) is 8.98. The number of nitrogens with zero attached hydrogens (tertiary/aromatic N) is 2. The predicted octanol–water partition coefficient (Wildman–Crippen LogP) is 4.67. The lowest BCUT2D eigenvalue weighted by atomic mass is 9.98. The number of carbonyl (C=O) groups is 2. The number of benzene rings is 2. The van der Waals surface area contributed by atoms with Crippen molar-refractivity contribution in [2.24, 2.45) is 0 Å². The molecule has 0 aliphatic carbocycles. The molecule has 0 saturated carbocycles. The van der Waals surface area contributed by atoms with Gasteiger partial charge >= 0.3 is 18.1 Å². The van der Waals surface area contributed by atoms with Crippen LogP contribution in [0.3, 0.4) is 0 Å². The second kappa shape index (κ2) is 13.9. The number of hydrogen-bond donors (Lipinski definition) is 3. The third-order valence-electron chi connectivity index (χ3n) is 6.88. The van der Waals surface area contributed by atoms with Gasteiger partial charge in [0.25, 0.3) is 10.0 Å². The number of rotatable bonds is 8. The van der Waals surface area contributed by atoms with Crippen LogP contribution in [0.4, 0.5) is 24.5 Å². The molecule has 2 aliphatic rings. The highest BCUT2D eigenvalue weighted by Gasteiger charge is 2.38. The molecule has 226 valence electrons. The zero-order valence-corrected chi connectivity index (χ0v) is 23.4. The second-order valence-electron chi connectivity index (χ2n) is 9.66. The standard InChI is InChI=1S/C25H33N3O5S.C2HF3O2/c1-2-33-21-7-9-22(10-8-21)34(31,32)26-19-6-11-24(23(18-19)25(29)30)28-16-12-20(13-17-28)27-14-4-3-5-15-27;3-2(4,5)1(6)7/h6-11,18,20,26H,2-5,12-17H2,1H3,(H,29,30);(H,6,7). The molecule has 2 saturated heterocycles. The molecule has 14 heteroatoms. The van der Waals surface area contributed by atoms with Gasteiger partial charge in [-0.25, -0.2) is 18.0 Å². The van der Waals surface area contributed by atoms with Crippen LogP contribution in [0.25, 0.3) is 0 Å². The third-order valence-corrected chi connectivity index (χ3v) is 8.28. The summed E-state index contributed by atoms with van der Waals surface area (Å²) in [5, 5.41) is 17.0. The maximum atomic E-state index is 12.8. The number of likely N-dealkylation sites (tertiary alicyclic amines) is 1. The van der Waals surface area contributed by atoms with E-state index in [-0.39, 0.29) is 16.1 Å². The number of alkyl halides is 3. The molecule has 10 nitrogen and oxygen atoms in total. The van der Waals surface area contributed by atoms with E-state index in [1.807, 2.05) is 6.92 Å². The highest BCUT2D eigenvalue weighted by atomic mass is 32.2. The van der Waals surface area contributed by atoms with E-state index in [1.165, 1.54) is 37.5 Å². The van der Waals surface area contributed by atoms with Crippen LogP contribution in [0.2, 0.25) is 0 Å². The maximum Gasteiger partial charge on any atom is 0.490 e. The number of aliphatic carboxylic acids is 1. The van der Waals surface area contributed by atoms with Crippen LogP contribution >= 0.6 is 0 Å². The zero-order chi connectivity index (χ0) is 30.2. The smallest absolute Gasteiger partial charge is 0.490 e. The van der Waals surface area contributed by atoms with E-state index in [4.69, 9.17) is 14.6 Å². The molecule has 4 rings (SSSR count). The molecule has 41 heavy (non-hydrogen) atoms. The van der Waals surface area contributed by atoms with E-state index in [9.17, 15) is 31.5 Å². The minimum Gasteiger partial charge on any atom is -0.494 e. The molecular formula is C27H34F3N3O7S. The zero-order valence-electron chi connectivity index (χ0n) is 22.6. The van der Waals surface area contributed by atoms with Crippen molar-refractivity contribution in [2.45, 2.75) is 56.1 Å². The average molecular weight is 602 g/mol. The highest BCUT2D eigenvalue weighted by molar-refractivity contribution is 7.92. The van der Waals surface area contributed by atoms with Gasteiger partial charge in [0.05, 0.1) is 22.8 Å². The SMILES string of the molecule is CCOc1ccc(S(=O)(=O)Nc2ccc(N3CCC(N4CCCCC4)CC3)c(C(=O)O)c2)cc1.O=C(O)C(F)(F)F. The Labute approximate surface area is 236 Å². The summed E-state index contributed by atoms with van der Waals surface area (Å²) in [5.41, 5.74) is 0.954. The highest BCUT2D eigenvalue weighted by Crippen LogP contribution is 2.30. The second-order valence-corrected chi connectivity index (χ2v) is 11.3. The van der Waals surface area contributed by atoms with Crippen LogP contribution < -0.4 is 14.4 Å². The number of carboxylic acid groups (broad SMARTS) is 2. The van der Waals surface area contributed by atoms with Crippen molar-refractivity contribution in [2.75, 3.05) is 42.4 Å².